The highest BCUT2D eigenvalue weighted by atomic mass is 19.1. The van der Waals surface area contributed by atoms with E-state index in [4.69, 9.17) is 10.8 Å². The quantitative estimate of drug-likeness (QED) is 0.828. The van der Waals surface area contributed by atoms with Gasteiger partial charge in [0, 0.05) is 13.1 Å². The van der Waals surface area contributed by atoms with Crippen molar-refractivity contribution in [2.45, 2.75) is 18.4 Å². The van der Waals surface area contributed by atoms with Crippen molar-refractivity contribution in [1.29, 1.82) is 0 Å². The maximum atomic E-state index is 13.0. The molecule has 6 heteroatoms. The fourth-order valence-electron chi connectivity index (χ4n) is 2.15. The van der Waals surface area contributed by atoms with Gasteiger partial charge in [0.1, 0.15) is 11.4 Å². The summed E-state index contributed by atoms with van der Waals surface area (Å²) in [7, 11) is 0. The van der Waals surface area contributed by atoms with Crippen LogP contribution in [0.1, 0.15) is 12.0 Å². The molecule has 3 N–H and O–H groups in total. The van der Waals surface area contributed by atoms with Gasteiger partial charge in [-0.1, -0.05) is 12.1 Å². The molecule has 0 bridgehead atoms. The first-order chi connectivity index (χ1) is 8.90. The van der Waals surface area contributed by atoms with Gasteiger partial charge in [0.2, 0.25) is 5.91 Å². The lowest BCUT2D eigenvalue weighted by atomic mass is 10.0. The van der Waals surface area contributed by atoms with E-state index >= 15 is 0 Å². The first kappa shape index (κ1) is 13.5. The number of nitrogens with zero attached hydrogens (tertiary/aromatic N) is 1. The number of likely N-dealkylation sites (tertiary alicyclic amines) is 1. The number of carbonyl (C=O) groups excluding carboxylic acids is 1. The molecule has 1 aliphatic heterocycles. The van der Waals surface area contributed by atoms with Crippen LogP contribution in [-0.2, 0) is 16.0 Å². The number of halogens is 1. The molecule has 1 saturated heterocycles. The lowest BCUT2D eigenvalue weighted by molar-refractivity contribution is -0.143. The van der Waals surface area contributed by atoms with E-state index in [-0.39, 0.29) is 25.3 Å². The van der Waals surface area contributed by atoms with Gasteiger partial charge in [-0.3, -0.25) is 9.59 Å². The van der Waals surface area contributed by atoms with Crippen molar-refractivity contribution in [3.05, 3.63) is 35.6 Å². The van der Waals surface area contributed by atoms with Gasteiger partial charge in [-0.05, 0) is 24.1 Å². The largest absolute Gasteiger partial charge is 0.480 e. The van der Waals surface area contributed by atoms with Crippen molar-refractivity contribution in [2.75, 3.05) is 13.1 Å². The van der Waals surface area contributed by atoms with E-state index in [1.807, 2.05) is 0 Å². The highest BCUT2D eigenvalue weighted by Gasteiger charge is 2.42. The zero-order valence-corrected chi connectivity index (χ0v) is 10.3. The molecule has 1 aromatic carbocycles. The Kier molecular flexibility index (Phi) is 3.53. The zero-order valence-electron chi connectivity index (χ0n) is 10.3. The molecular weight excluding hydrogens is 251 g/mol. The summed E-state index contributed by atoms with van der Waals surface area (Å²) in [5.41, 5.74) is 4.90. The predicted octanol–water partition coefficient (Wildman–Crippen LogP) is 0.383. The van der Waals surface area contributed by atoms with Gasteiger partial charge >= 0.3 is 5.97 Å². The van der Waals surface area contributed by atoms with Gasteiger partial charge in [0.25, 0.3) is 0 Å². The second-order valence-corrected chi connectivity index (χ2v) is 4.83. The molecule has 1 fully saturated rings. The van der Waals surface area contributed by atoms with Crippen molar-refractivity contribution in [3.8, 4) is 0 Å². The minimum Gasteiger partial charge on any atom is -0.480 e. The monoisotopic (exact) mass is 266 g/mol. The topological polar surface area (TPSA) is 83.6 Å². The highest BCUT2D eigenvalue weighted by molar-refractivity contribution is 5.84. The Balaban J connectivity index is 2.01. The molecule has 1 amide bonds. The number of carboxylic acid groups (broad SMARTS) is 1. The molecule has 1 heterocycles. The summed E-state index contributed by atoms with van der Waals surface area (Å²) < 4.78 is 13.0. The van der Waals surface area contributed by atoms with Gasteiger partial charge in [0.05, 0.1) is 6.42 Å². The maximum Gasteiger partial charge on any atom is 0.325 e. The van der Waals surface area contributed by atoms with E-state index in [2.05, 4.69) is 0 Å². The van der Waals surface area contributed by atoms with Crippen molar-refractivity contribution in [2.24, 2.45) is 5.73 Å². The fraction of sp³-hybridized carbons (Fsp3) is 0.385. The van der Waals surface area contributed by atoms with E-state index in [9.17, 15) is 14.0 Å². The molecule has 1 unspecified atom stereocenters. The van der Waals surface area contributed by atoms with E-state index in [0.29, 0.717) is 12.1 Å². The van der Waals surface area contributed by atoms with Crippen LogP contribution in [0.3, 0.4) is 0 Å². The first-order valence-electron chi connectivity index (χ1n) is 5.95. The van der Waals surface area contributed by atoms with Crippen LogP contribution in [0.5, 0.6) is 0 Å². The van der Waals surface area contributed by atoms with Crippen molar-refractivity contribution >= 4 is 11.9 Å². The highest BCUT2D eigenvalue weighted by Crippen LogP contribution is 2.20. The van der Waals surface area contributed by atoms with Crippen LogP contribution in [0, 0.1) is 5.82 Å². The number of aliphatic carboxylic acids is 1. The molecule has 1 aromatic rings. The number of hydrogen-bond donors (Lipinski definition) is 2. The zero-order chi connectivity index (χ0) is 14.0. The average molecular weight is 266 g/mol. The number of nitrogens with two attached hydrogens (primary N) is 1. The Morgan fingerprint density at radius 1 is 1.47 bits per heavy atom. The van der Waals surface area contributed by atoms with E-state index < -0.39 is 17.3 Å². The van der Waals surface area contributed by atoms with Crippen LogP contribution in [0.15, 0.2) is 24.3 Å². The number of benzene rings is 1. The molecule has 2 rings (SSSR count). The lowest BCUT2D eigenvalue weighted by Gasteiger charge is -2.20. The van der Waals surface area contributed by atoms with E-state index in [1.165, 1.54) is 23.1 Å². The molecule has 5 nitrogen and oxygen atoms in total. The molecule has 0 saturated carbocycles. The number of carboxylic acids is 1. The molecule has 102 valence electrons. The number of hydrogen-bond acceptors (Lipinski definition) is 3. The standard InChI is InChI=1S/C13H15FN2O3/c14-10-3-1-2-9(6-10)7-11(17)16-5-4-13(15,8-16)12(18)19/h1-3,6H,4-5,7-8,15H2,(H,18,19). The van der Waals surface area contributed by atoms with E-state index in [0.717, 1.165) is 0 Å². The van der Waals surface area contributed by atoms with Crippen LogP contribution in [0.25, 0.3) is 0 Å². The van der Waals surface area contributed by atoms with Gasteiger partial charge in [0.15, 0.2) is 0 Å². The number of rotatable bonds is 3. The fourth-order valence-corrected chi connectivity index (χ4v) is 2.15. The minimum absolute atomic E-state index is 0.00349. The molecular formula is C13H15FN2O3. The third-order valence-electron chi connectivity index (χ3n) is 3.32. The summed E-state index contributed by atoms with van der Waals surface area (Å²) in [6.07, 6.45) is 0.282. The minimum atomic E-state index is -1.36. The molecule has 0 aliphatic carbocycles. The summed E-state index contributed by atoms with van der Waals surface area (Å²) in [5.74, 6) is -1.74. The van der Waals surface area contributed by atoms with Crippen LogP contribution < -0.4 is 5.73 Å². The molecule has 0 aromatic heterocycles. The summed E-state index contributed by atoms with van der Waals surface area (Å²) >= 11 is 0. The van der Waals surface area contributed by atoms with Gasteiger partial charge in [-0.15, -0.1) is 0 Å². The Morgan fingerprint density at radius 2 is 2.21 bits per heavy atom. The molecule has 1 aliphatic rings. The Labute approximate surface area is 109 Å². The molecule has 19 heavy (non-hydrogen) atoms. The predicted molar refractivity (Wildman–Crippen MR) is 65.9 cm³/mol. The Hall–Kier alpha value is -1.95. The molecule has 0 spiro atoms. The summed E-state index contributed by atoms with van der Waals surface area (Å²) in [5, 5.41) is 8.99. The number of carbonyl (C=O) groups is 2. The molecule has 0 radical (unpaired) electrons. The SMILES string of the molecule is NC1(C(=O)O)CCN(C(=O)Cc2cccc(F)c2)C1. The smallest absolute Gasteiger partial charge is 0.325 e. The first-order valence-corrected chi connectivity index (χ1v) is 5.95. The Morgan fingerprint density at radius 3 is 2.79 bits per heavy atom. The summed E-state index contributed by atoms with van der Waals surface area (Å²) in [6.45, 7) is 0.313. The van der Waals surface area contributed by atoms with Crippen LogP contribution >= 0.6 is 0 Å². The second-order valence-electron chi connectivity index (χ2n) is 4.83. The number of amides is 1. The average Bonchev–Trinajstić information content (AvgIpc) is 2.73. The summed E-state index contributed by atoms with van der Waals surface area (Å²) in [4.78, 5) is 24.4. The van der Waals surface area contributed by atoms with Crippen molar-refractivity contribution in [3.63, 3.8) is 0 Å². The van der Waals surface area contributed by atoms with E-state index in [1.54, 1.807) is 6.07 Å². The van der Waals surface area contributed by atoms with Gasteiger partial charge in [-0.2, -0.15) is 0 Å². The lowest BCUT2D eigenvalue weighted by Crippen LogP contribution is -2.50. The van der Waals surface area contributed by atoms with Crippen molar-refractivity contribution in [1.82, 2.24) is 4.90 Å². The normalized spacial score (nSPS) is 22.5. The second kappa shape index (κ2) is 4.97. The van der Waals surface area contributed by atoms with Gasteiger partial charge in [-0.25, -0.2) is 4.39 Å². The third kappa shape index (κ3) is 2.90. The van der Waals surface area contributed by atoms with Crippen molar-refractivity contribution < 1.29 is 19.1 Å². The third-order valence-corrected chi connectivity index (χ3v) is 3.32. The summed E-state index contributed by atoms with van der Waals surface area (Å²) in [6, 6.07) is 5.79. The molecule has 1 atom stereocenters. The van der Waals surface area contributed by atoms with Gasteiger partial charge < -0.3 is 15.7 Å². The van der Waals surface area contributed by atoms with Crippen LogP contribution in [0.4, 0.5) is 4.39 Å². The van der Waals surface area contributed by atoms with Crippen LogP contribution in [0.2, 0.25) is 0 Å². The Bertz CT molecular complexity index is 520. The maximum absolute atomic E-state index is 13.0. The van der Waals surface area contributed by atoms with Crippen LogP contribution in [-0.4, -0.2) is 40.5 Å².